The summed E-state index contributed by atoms with van der Waals surface area (Å²) in [6, 6.07) is 16.9. The quantitative estimate of drug-likeness (QED) is 0.280. The van der Waals surface area contributed by atoms with Gasteiger partial charge in [-0.25, -0.2) is 9.99 Å². The average molecular weight is 530 g/mol. The Bertz CT molecular complexity index is 1500. The highest BCUT2D eigenvalue weighted by atomic mass is 79.9. The van der Waals surface area contributed by atoms with Gasteiger partial charge in [0.25, 0.3) is 11.5 Å². The van der Waals surface area contributed by atoms with E-state index < -0.39 is 29.1 Å². The first kappa shape index (κ1) is 23.2. The number of hydrogen-bond donors (Lipinski definition) is 2. The Morgan fingerprint density at radius 2 is 1.71 bits per heavy atom. The van der Waals surface area contributed by atoms with Crippen LogP contribution in [0.4, 0.5) is 13.2 Å². The van der Waals surface area contributed by atoms with Crippen LogP contribution in [0.5, 0.6) is 5.88 Å². The molecule has 0 fully saturated rings. The topological polar surface area (TPSA) is 83.7 Å². The molecule has 0 bridgehead atoms. The number of alkyl halides is 3. The van der Waals surface area contributed by atoms with E-state index in [1.807, 2.05) is 0 Å². The zero-order chi connectivity index (χ0) is 24.5. The van der Waals surface area contributed by atoms with E-state index in [1.54, 1.807) is 42.5 Å². The lowest BCUT2D eigenvalue weighted by atomic mass is 10.1. The molecule has 2 N–H and O–H groups in total. The standard InChI is InChI=1S/C24H15BrF3N3O3/c25-16-7-3-5-14(11-16)21(32)30-29-13-20-18-9-1-2-10-19(18)22(33)31(23(20)34)17-8-4-6-15(12-17)24(26,27)28/h1-13,34H,(H,30,32). The first-order valence-electron chi connectivity index (χ1n) is 9.80. The van der Waals surface area contributed by atoms with Crippen LogP contribution in [0.15, 0.2) is 87.2 Å². The van der Waals surface area contributed by atoms with E-state index in [0.29, 0.717) is 15.4 Å². The molecule has 34 heavy (non-hydrogen) atoms. The molecule has 0 saturated heterocycles. The first-order valence-corrected chi connectivity index (χ1v) is 10.6. The third-order valence-corrected chi connectivity index (χ3v) is 5.47. The van der Waals surface area contributed by atoms with E-state index >= 15 is 0 Å². The minimum absolute atomic E-state index is 0.0437. The molecular formula is C24H15BrF3N3O3. The molecule has 1 aromatic heterocycles. The number of aromatic hydroxyl groups is 1. The highest BCUT2D eigenvalue weighted by Crippen LogP contribution is 2.32. The largest absolute Gasteiger partial charge is 0.494 e. The minimum Gasteiger partial charge on any atom is -0.494 e. The van der Waals surface area contributed by atoms with Crippen molar-refractivity contribution in [1.82, 2.24) is 9.99 Å². The molecule has 1 heterocycles. The van der Waals surface area contributed by atoms with Crippen LogP contribution in [0.1, 0.15) is 21.5 Å². The molecule has 10 heteroatoms. The predicted molar refractivity (Wildman–Crippen MR) is 125 cm³/mol. The van der Waals surface area contributed by atoms with Crippen molar-refractivity contribution in [3.05, 3.63) is 104 Å². The molecule has 3 aromatic carbocycles. The molecule has 0 aliphatic rings. The molecule has 4 rings (SSSR count). The zero-order valence-corrected chi connectivity index (χ0v) is 18.8. The van der Waals surface area contributed by atoms with Crippen molar-refractivity contribution in [3.8, 4) is 11.6 Å². The molecule has 0 radical (unpaired) electrons. The summed E-state index contributed by atoms with van der Waals surface area (Å²) >= 11 is 3.27. The van der Waals surface area contributed by atoms with Crippen LogP contribution in [-0.2, 0) is 6.18 Å². The van der Waals surface area contributed by atoms with E-state index in [0.717, 1.165) is 29.0 Å². The Balaban J connectivity index is 1.81. The van der Waals surface area contributed by atoms with Gasteiger partial charge in [0.15, 0.2) is 0 Å². The van der Waals surface area contributed by atoms with Crippen LogP contribution in [0.25, 0.3) is 16.5 Å². The van der Waals surface area contributed by atoms with Gasteiger partial charge in [-0.05, 0) is 42.5 Å². The number of carbonyl (C=O) groups excluding carboxylic acids is 1. The number of rotatable bonds is 4. The molecule has 0 aliphatic heterocycles. The van der Waals surface area contributed by atoms with E-state index in [-0.39, 0.29) is 16.6 Å². The highest BCUT2D eigenvalue weighted by Gasteiger charge is 2.31. The zero-order valence-electron chi connectivity index (χ0n) is 17.2. The Kier molecular flexibility index (Phi) is 6.25. The fourth-order valence-corrected chi connectivity index (χ4v) is 3.80. The summed E-state index contributed by atoms with van der Waals surface area (Å²) in [6.45, 7) is 0. The maximum atomic E-state index is 13.2. The van der Waals surface area contributed by atoms with Gasteiger partial charge in [-0.2, -0.15) is 18.3 Å². The summed E-state index contributed by atoms with van der Waals surface area (Å²) in [4.78, 5) is 25.4. The molecule has 0 spiro atoms. The van der Waals surface area contributed by atoms with Crippen molar-refractivity contribution >= 4 is 38.8 Å². The number of fused-ring (bicyclic) bond motifs is 1. The maximum absolute atomic E-state index is 13.2. The number of carbonyl (C=O) groups is 1. The number of hydrazone groups is 1. The smallest absolute Gasteiger partial charge is 0.416 e. The van der Waals surface area contributed by atoms with Crippen molar-refractivity contribution in [2.45, 2.75) is 6.18 Å². The van der Waals surface area contributed by atoms with E-state index in [1.165, 1.54) is 12.1 Å². The van der Waals surface area contributed by atoms with Crippen LogP contribution < -0.4 is 11.0 Å². The first-order chi connectivity index (χ1) is 16.2. The highest BCUT2D eigenvalue weighted by molar-refractivity contribution is 9.10. The Labute approximate surface area is 199 Å². The van der Waals surface area contributed by atoms with Gasteiger partial charge >= 0.3 is 6.18 Å². The second-order valence-electron chi connectivity index (χ2n) is 7.18. The molecule has 0 atom stereocenters. The van der Waals surface area contributed by atoms with Crippen LogP contribution in [0.3, 0.4) is 0 Å². The maximum Gasteiger partial charge on any atom is 0.416 e. The van der Waals surface area contributed by atoms with E-state index in [2.05, 4.69) is 26.5 Å². The molecule has 0 aliphatic carbocycles. The number of pyridine rings is 1. The third-order valence-electron chi connectivity index (χ3n) is 4.98. The van der Waals surface area contributed by atoms with Crippen molar-refractivity contribution in [1.29, 1.82) is 0 Å². The molecule has 172 valence electrons. The Hall–Kier alpha value is -3.92. The number of halogens is 4. The van der Waals surface area contributed by atoms with Gasteiger partial charge < -0.3 is 5.11 Å². The fraction of sp³-hybridized carbons (Fsp3) is 0.0417. The fourth-order valence-electron chi connectivity index (χ4n) is 3.40. The van der Waals surface area contributed by atoms with Gasteiger partial charge in [-0.15, -0.1) is 0 Å². The number of aromatic nitrogens is 1. The second kappa shape index (κ2) is 9.14. The average Bonchev–Trinajstić information content (AvgIpc) is 2.81. The number of benzene rings is 3. The van der Waals surface area contributed by atoms with Crippen LogP contribution >= 0.6 is 15.9 Å². The summed E-state index contributed by atoms with van der Waals surface area (Å²) in [5.74, 6) is -1.14. The van der Waals surface area contributed by atoms with Gasteiger partial charge in [0.1, 0.15) is 0 Å². The molecule has 0 unspecified atom stereocenters. The predicted octanol–water partition coefficient (Wildman–Crippen LogP) is 5.24. The van der Waals surface area contributed by atoms with Gasteiger partial charge in [0, 0.05) is 20.8 Å². The van der Waals surface area contributed by atoms with E-state index in [4.69, 9.17) is 0 Å². The molecule has 6 nitrogen and oxygen atoms in total. The molecular weight excluding hydrogens is 515 g/mol. The van der Waals surface area contributed by atoms with Crippen LogP contribution in [-0.4, -0.2) is 21.8 Å². The van der Waals surface area contributed by atoms with Crippen molar-refractivity contribution in [3.63, 3.8) is 0 Å². The van der Waals surface area contributed by atoms with Crippen LogP contribution in [0.2, 0.25) is 0 Å². The van der Waals surface area contributed by atoms with Crippen molar-refractivity contribution in [2.24, 2.45) is 5.10 Å². The van der Waals surface area contributed by atoms with E-state index in [9.17, 15) is 27.9 Å². The molecule has 1 amide bonds. The second-order valence-corrected chi connectivity index (χ2v) is 8.10. The summed E-state index contributed by atoms with van der Waals surface area (Å²) in [6.07, 6.45) is -3.50. The molecule has 0 saturated carbocycles. The van der Waals surface area contributed by atoms with Crippen molar-refractivity contribution < 1.29 is 23.1 Å². The molecule has 4 aromatic rings. The van der Waals surface area contributed by atoms with Gasteiger partial charge in [-0.3, -0.25) is 9.59 Å². The summed E-state index contributed by atoms with van der Waals surface area (Å²) in [7, 11) is 0. The number of nitrogens with zero attached hydrogens (tertiary/aromatic N) is 2. The third kappa shape index (κ3) is 4.58. The summed E-state index contributed by atoms with van der Waals surface area (Å²) in [5.41, 5.74) is 0.856. The van der Waals surface area contributed by atoms with Gasteiger partial charge in [0.2, 0.25) is 5.88 Å². The number of amides is 1. The SMILES string of the molecule is O=C(NN=Cc1c(O)n(-c2cccc(C(F)(F)F)c2)c(=O)c2ccccc12)c1cccc(Br)c1. The summed E-state index contributed by atoms with van der Waals surface area (Å²) in [5, 5.41) is 15.3. The minimum atomic E-state index is -4.63. The lowest BCUT2D eigenvalue weighted by molar-refractivity contribution is -0.137. The lowest BCUT2D eigenvalue weighted by Gasteiger charge is -2.15. The normalized spacial score (nSPS) is 11.8. The number of nitrogens with one attached hydrogen (secondary N) is 1. The Morgan fingerprint density at radius 1 is 1.00 bits per heavy atom. The van der Waals surface area contributed by atoms with Gasteiger partial charge in [-0.1, -0.05) is 46.3 Å². The van der Waals surface area contributed by atoms with Gasteiger partial charge in [0.05, 0.1) is 23.0 Å². The number of hydrogen-bond acceptors (Lipinski definition) is 4. The summed E-state index contributed by atoms with van der Waals surface area (Å²) < 4.78 is 41.1. The monoisotopic (exact) mass is 529 g/mol. The van der Waals surface area contributed by atoms with Crippen molar-refractivity contribution in [2.75, 3.05) is 0 Å². The lowest BCUT2D eigenvalue weighted by Crippen LogP contribution is -2.21. The Morgan fingerprint density at radius 3 is 2.41 bits per heavy atom. The van der Waals surface area contributed by atoms with Crippen LogP contribution in [0, 0.1) is 0 Å².